The lowest BCUT2D eigenvalue weighted by molar-refractivity contribution is 1.07. The lowest BCUT2D eigenvalue weighted by Gasteiger charge is -1.93. The number of halogens is 2. The zero-order valence-electron chi connectivity index (χ0n) is 6.24. The van der Waals surface area contributed by atoms with Crippen LogP contribution in [0.2, 0.25) is 5.02 Å². The predicted octanol–water partition coefficient (Wildman–Crippen LogP) is 3.02. The smallest absolute Gasteiger partial charge is 0.183 e. The van der Waals surface area contributed by atoms with Crippen LogP contribution in [0.5, 0.6) is 0 Å². The molecule has 0 saturated heterocycles. The molecule has 0 radical (unpaired) electrons. The molecule has 0 unspecified atom stereocenters. The first-order chi connectivity index (χ1) is 6.25. The topological polar surface area (TPSA) is 38.7 Å². The fraction of sp³-hybridized carbons (Fsp3) is 0. The van der Waals surface area contributed by atoms with Gasteiger partial charge < -0.3 is 0 Å². The van der Waals surface area contributed by atoms with Gasteiger partial charge in [0, 0.05) is 11.2 Å². The normalized spacial score (nSPS) is 10.3. The molecule has 2 heterocycles. The molecule has 0 aliphatic heterocycles. The number of hydrogen-bond donors (Lipinski definition) is 0. The summed E-state index contributed by atoms with van der Waals surface area (Å²) in [6.07, 6.45) is 1.65. The van der Waals surface area contributed by atoms with Crippen LogP contribution in [0.1, 0.15) is 0 Å². The van der Waals surface area contributed by atoms with Crippen molar-refractivity contribution in [1.82, 2.24) is 15.2 Å². The summed E-state index contributed by atoms with van der Waals surface area (Å²) in [4.78, 5) is 4.13. The van der Waals surface area contributed by atoms with Crippen molar-refractivity contribution in [3.05, 3.63) is 27.3 Å². The summed E-state index contributed by atoms with van der Waals surface area (Å²) in [6, 6.07) is 3.48. The Bertz CT molecular complexity index is 431. The fourth-order valence-corrected chi connectivity index (χ4v) is 2.07. The lowest BCUT2D eigenvalue weighted by Crippen LogP contribution is -1.81. The van der Waals surface area contributed by atoms with Gasteiger partial charge in [0.25, 0.3) is 0 Å². The van der Waals surface area contributed by atoms with Gasteiger partial charge in [-0.25, -0.2) is 0 Å². The summed E-state index contributed by atoms with van der Waals surface area (Å²) in [5, 5.41) is 9.16. The molecule has 0 N–H and O–H groups in total. The van der Waals surface area contributed by atoms with Gasteiger partial charge in [0.1, 0.15) is 5.69 Å². The number of rotatable bonds is 1. The molecular formula is C7H3BrClN3S. The van der Waals surface area contributed by atoms with Crippen molar-refractivity contribution in [3.8, 4) is 10.7 Å². The van der Waals surface area contributed by atoms with Crippen molar-refractivity contribution in [1.29, 1.82) is 0 Å². The molecule has 3 nitrogen and oxygen atoms in total. The summed E-state index contributed by atoms with van der Waals surface area (Å²) in [7, 11) is 0. The van der Waals surface area contributed by atoms with E-state index >= 15 is 0 Å². The maximum atomic E-state index is 5.81. The Morgan fingerprint density at radius 3 is 2.85 bits per heavy atom. The molecule has 0 aromatic carbocycles. The summed E-state index contributed by atoms with van der Waals surface area (Å²) in [5.74, 6) is 0. The average molecular weight is 277 g/mol. The standard InChI is InChI=1S/C7H3BrClN3S/c8-7-12-11-6(13-7)5-3-4(9)1-2-10-5/h1-3H. The predicted molar refractivity (Wildman–Crippen MR) is 55.9 cm³/mol. The van der Waals surface area contributed by atoms with Gasteiger partial charge in [-0.2, -0.15) is 0 Å². The van der Waals surface area contributed by atoms with Crippen LogP contribution in [0.15, 0.2) is 22.2 Å². The monoisotopic (exact) mass is 275 g/mol. The second-order valence-electron chi connectivity index (χ2n) is 2.22. The van der Waals surface area contributed by atoms with Crippen LogP contribution < -0.4 is 0 Å². The average Bonchev–Trinajstić information content (AvgIpc) is 2.52. The first kappa shape index (κ1) is 9.05. The highest BCUT2D eigenvalue weighted by molar-refractivity contribution is 9.11. The number of aromatic nitrogens is 3. The molecule has 0 fully saturated rings. The third-order valence-electron chi connectivity index (χ3n) is 1.34. The number of hydrogen-bond acceptors (Lipinski definition) is 4. The Morgan fingerprint density at radius 1 is 1.38 bits per heavy atom. The van der Waals surface area contributed by atoms with Crippen LogP contribution in [0.3, 0.4) is 0 Å². The van der Waals surface area contributed by atoms with E-state index in [1.54, 1.807) is 18.3 Å². The minimum atomic E-state index is 0.649. The molecule has 0 amide bonds. The van der Waals surface area contributed by atoms with E-state index in [0.29, 0.717) is 5.02 Å². The van der Waals surface area contributed by atoms with Crippen molar-refractivity contribution in [3.63, 3.8) is 0 Å². The Hall–Kier alpha value is -0.520. The molecule has 2 aromatic rings. The highest BCUT2D eigenvalue weighted by Crippen LogP contribution is 2.25. The van der Waals surface area contributed by atoms with Crippen LogP contribution >= 0.6 is 38.9 Å². The fourth-order valence-electron chi connectivity index (χ4n) is 0.831. The van der Waals surface area contributed by atoms with Crippen molar-refractivity contribution in [2.75, 3.05) is 0 Å². The third-order valence-corrected chi connectivity index (χ3v) is 2.95. The van der Waals surface area contributed by atoms with Crippen LogP contribution in [0, 0.1) is 0 Å². The number of nitrogens with zero attached hydrogens (tertiary/aromatic N) is 3. The zero-order chi connectivity index (χ0) is 9.26. The first-order valence-corrected chi connectivity index (χ1v) is 5.35. The van der Waals surface area contributed by atoms with Crippen molar-refractivity contribution < 1.29 is 0 Å². The second kappa shape index (κ2) is 3.69. The highest BCUT2D eigenvalue weighted by Gasteiger charge is 2.05. The van der Waals surface area contributed by atoms with Crippen LogP contribution in [0.4, 0.5) is 0 Å². The summed E-state index contributed by atoms with van der Waals surface area (Å²) >= 11 is 10.5. The molecule has 0 atom stereocenters. The van der Waals surface area contributed by atoms with E-state index in [1.807, 2.05) is 0 Å². The minimum absolute atomic E-state index is 0.649. The summed E-state index contributed by atoms with van der Waals surface area (Å²) in [6.45, 7) is 0. The van der Waals surface area contributed by atoms with Crippen molar-refractivity contribution in [2.24, 2.45) is 0 Å². The van der Waals surface area contributed by atoms with E-state index in [2.05, 4.69) is 31.1 Å². The molecule has 2 rings (SSSR count). The molecule has 6 heteroatoms. The number of pyridine rings is 1. The SMILES string of the molecule is Clc1ccnc(-c2nnc(Br)s2)c1. The van der Waals surface area contributed by atoms with Gasteiger partial charge in [0.2, 0.25) is 0 Å². The van der Waals surface area contributed by atoms with Gasteiger partial charge in [0.05, 0.1) is 0 Å². The van der Waals surface area contributed by atoms with Gasteiger partial charge in [0.15, 0.2) is 8.92 Å². The van der Waals surface area contributed by atoms with Gasteiger partial charge in [-0.1, -0.05) is 22.9 Å². The molecule has 0 aliphatic carbocycles. The van der Waals surface area contributed by atoms with Gasteiger partial charge >= 0.3 is 0 Å². The third kappa shape index (κ3) is 2.04. The summed E-state index contributed by atoms with van der Waals surface area (Å²) < 4.78 is 0.740. The van der Waals surface area contributed by atoms with Gasteiger partial charge in [-0.05, 0) is 28.1 Å². The van der Waals surface area contributed by atoms with E-state index in [0.717, 1.165) is 14.6 Å². The van der Waals surface area contributed by atoms with Gasteiger partial charge in [-0.3, -0.25) is 4.98 Å². The molecular weight excluding hydrogens is 274 g/mol. The van der Waals surface area contributed by atoms with Gasteiger partial charge in [-0.15, -0.1) is 10.2 Å². The molecule has 0 saturated carbocycles. The molecule has 0 spiro atoms. The van der Waals surface area contributed by atoms with Crippen molar-refractivity contribution in [2.45, 2.75) is 0 Å². The summed E-state index contributed by atoms with van der Waals surface area (Å²) in [5.41, 5.74) is 0.746. The van der Waals surface area contributed by atoms with E-state index in [4.69, 9.17) is 11.6 Å². The largest absolute Gasteiger partial charge is 0.254 e. The quantitative estimate of drug-likeness (QED) is 0.803. The Kier molecular flexibility index (Phi) is 2.57. The second-order valence-corrected chi connectivity index (χ2v) is 4.91. The lowest BCUT2D eigenvalue weighted by atomic mass is 10.4. The van der Waals surface area contributed by atoms with E-state index in [1.165, 1.54) is 11.3 Å². The van der Waals surface area contributed by atoms with Crippen molar-refractivity contribution >= 4 is 38.9 Å². The molecule has 66 valence electrons. The Labute approximate surface area is 91.9 Å². The van der Waals surface area contributed by atoms with E-state index in [-0.39, 0.29) is 0 Å². The molecule has 0 aliphatic rings. The minimum Gasteiger partial charge on any atom is -0.254 e. The molecule has 0 bridgehead atoms. The van der Waals surface area contributed by atoms with Crippen LogP contribution in [0.25, 0.3) is 10.7 Å². The van der Waals surface area contributed by atoms with E-state index < -0.39 is 0 Å². The Balaban J connectivity index is 2.46. The molecule has 2 aromatic heterocycles. The zero-order valence-corrected chi connectivity index (χ0v) is 9.40. The van der Waals surface area contributed by atoms with E-state index in [9.17, 15) is 0 Å². The maximum Gasteiger partial charge on any atom is 0.183 e. The highest BCUT2D eigenvalue weighted by atomic mass is 79.9. The first-order valence-electron chi connectivity index (χ1n) is 3.36. The van der Waals surface area contributed by atoms with Crippen LogP contribution in [-0.4, -0.2) is 15.2 Å². The maximum absolute atomic E-state index is 5.81. The Morgan fingerprint density at radius 2 is 2.23 bits per heavy atom. The van der Waals surface area contributed by atoms with Crippen LogP contribution in [-0.2, 0) is 0 Å². The molecule has 13 heavy (non-hydrogen) atoms.